The molecule has 0 amide bonds. The van der Waals surface area contributed by atoms with Crippen molar-refractivity contribution < 1.29 is 0 Å². The summed E-state index contributed by atoms with van der Waals surface area (Å²) in [6.45, 7) is 17.1. The molecule has 20 heavy (non-hydrogen) atoms. The molecule has 0 aromatic heterocycles. The first-order valence-electron chi connectivity index (χ1n) is 9.27. The molecule has 0 bridgehead atoms. The second kappa shape index (κ2) is 7.85. The molecule has 0 spiro atoms. The molecular weight excluding hydrogens is 240 g/mol. The molecule has 1 rings (SSSR count). The zero-order valence-corrected chi connectivity index (χ0v) is 15.3. The van der Waals surface area contributed by atoms with Crippen molar-refractivity contribution in [3.63, 3.8) is 0 Å². The molecule has 5 unspecified atom stereocenters. The molecule has 0 heterocycles. The van der Waals surface area contributed by atoms with Gasteiger partial charge >= 0.3 is 0 Å². The van der Waals surface area contributed by atoms with Crippen LogP contribution in [0.1, 0.15) is 93.4 Å². The van der Waals surface area contributed by atoms with Gasteiger partial charge in [-0.1, -0.05) is 67.7 Å². The Labute approximate surface area is 129 Å². The minimum Gasteiger partial charge on any atom is -0.0651 e. The molecule has 5 atom stereocenters. The maximum absolute atomic E-state index is 2.56. The van der Waals surface area contributed by atoms with Gasteiger partial charge in [-0.2, -0.15) is 0 Å². The third kappa shape index (κ3) is 5.41. The van der Waals surface area contributed by atoms with Crippen molar-refractivity contribution in [1.29, 1.82) is 0 Å². The Hall–Kier alpha value is 0. The van der Waals surface area contributed by atoms with Crippen LogP contribution in [0.4, 0.5) is 0 Å². The van der Waals surface area contributed by atoms with Gasteiger partial charge < -0.3 is 0 Å². The summed E-state index contributed by atoms with van der Waals surface area (Å²) >= 11 is 0. The average molecular weight is 281 g/mol. The van der Waals surface area contributed by atoms with Crippen molar-refractivity contribution >= 4 is 0 Å². The van der Waals surface area contributed by atoms with Gasteiger partial charge in [-0.15, -0.1) is 0 Å². The van der Waals surface area contributed by atoms with E-state index in [0.29, 0.717) is 5.41 Å². The van der Waals surface area contributed by atoms with E-state index in [4.69, 9.17) is 0 Å². The van der Waals surface area contributed by atoms with Crippen molar-refractivity contribution in [2.24, 2.45) is 35.0 Å². The van der Waals surface area contributed by atoms with E-state index in [1.165, 1.54) is 44.9 Å². The molecule has 0 nitrogen and oxygen atoms in total. The van der Waals surface area contributed by atoms with E-state index in [0.717, 1.165) is 29.6 Å². The maximum Gasteiger partial charge on any atom is -0.0320 e. The molecule has 1 saturated carbocycles. The summed E-state index contributed by atoms with van der Waals surface area (Å²) < 4.78 is 0. The molecule has 120 valence electrons. The molecule has 1 fully saturated rings. The fraction of sp³-hybridized carbons (Fsp3) is 1.00. The van der Waals surface area contributed by atoms with Gasteiger partial charge in [0.25, 0.3) is 0 Å². The predicted octanol–water partition coefficient (Wildman–Crippen LogP) is 6.94. The Morgan fingerprint density at radius 1 is 1.05 bits per heavy atom. The van der Waals surface area contributed by atoms with Crippen LogP contribution in [0.15, 0.2) is 0 Å². The third-order valence-corrected chi connectivity index (χ3v) is 6.11. The molecular formula is C20H40. The third-order valence-electron chi connectivity index (χ3n) is 6.11. The molecule has 0 radical (unpaired) electrons. The van der Waals surface area contributed by atoms with E-state index in [9.17, 15) is 0 Å². The minimum absolute atomic E-state index is 0.643. The number of rotatable bonds is 8. The Bertz CT molecular complexity index is 267. The summed E-state index contributed by atoms with van der Waals surface area (Å²) in [5.41, 5.74) is 0.643. The van der Waals surface area contributed by atoms with Crippen LogP contribution >= 0.6 is 0 Å². The Morgan fingerprint density at radius 2 is 1.70 bits per heavy atom. The van der Waals surface area contributed by atoms with Crippen LogP contribution in [0.2, 0.25) is 0 Å². The van der Waals surface area contributed by atoms with Crippen LogP contribution in [0.25, 0.3) is 0 Å². The molecule has 0 N–H and O–H groups in total. The summed E-state index contributed by atoms with van der Waals surface area (Å²) in [4.78, 5) is 0. The summed E-state index contributed by atoms with van der Waals surface area (Å²) in [5, 5.41) is 0. The van der Waals surface area contributed by atoms with Gasteiger partial charge in [0, 0.05) is 0 Å². The van der Waals surface area contributed by atoms with Crippen LogP contribution in [-0.4, -0.2) is 0 Å². The lowest BCUT2D eigenvalue weighted by atomic mass is 9.80. The van der Waals surface area contributed by atoms with E-state index >= 15 is 0 Å². The topological polar surface area (TPSA) is 0 Å². The lowest BCUT2D eigenvalue weighted by molar-refractivity contribution is 0.255. The van der Waals surface area contributed by atoms with Crippen LogP contribution in [0.3, 0.4) is 0 Å². The highest BCUT2D eigenvalue weighted by Gasteiger charge is 2.40. The van der Waals surface area contributed by atoms with E-state index in [1.54, 1.807) is 0 Å². The molecule has 1 aliphatic carbocycles. The van der Waals surface area contributed by atoms with Crippen molar-refractivity contribution in [2.45, 2.75) is 93.4 Å². The molecule has 0 saturated heterocycles. The molecule has 0 heteroatoms. The summed E-state index contributed by atoms with van der Waals surface area (Å²) in [6, 6.07) is 0. The molecule has 1 aliphatic rings. The van der Waals surface area contributed by atoms with Gasteiger partial charge in [0.15, 0.2) is 0 Å². The predicted molar refractivity (Wildman–Crippen MR) is 91.9 cm³/mol. The van der Waals surface area contributed by atoms with E-state index in [1.807, 2.05) is 0 Å². The maximum atomic E-state index is 2.56. The highest BCUT2D eigenvalue weighted by molar-refractivity contribution is 4.90. The Kier molecular flexibility index (Phi) is 7.09. The van der Waals surface area contributed by atoms with Crippen molar-refractivity contribution in [3.05, 3.63) is 0 Å². The Morgan fingerprint density at radius 3 is 2.20 bits per heavy atom. The van der Waals surface area contributed by atoms with Gasteiger partial charge in [0.2, 0.25) is 0 Å². The molecule has 0 aliphatic heterocycles. The molecule has 0 aromatic carbocycles. The van der Waals surface area contributed by atoms with Crippen molar-refractivity contribution in [3.8, 4) is 0 Å². The average Bonchev–Trinajstić information content (AvgIpc) is 2.65. The van der Waals surface area contributed by atoms with Crippen LogP contribution < -0.4 is 0 Å². The fourth-order valence-electron chi connectivity index (χ4n) is 4.73. The number of hydrogen-bond donors (Lipinski definition) is 0. The van der Waals surface area contributed by atoms with E-state index in [-0.39, 0.29) is 0 Å². The number of hydrogen-bond acceptors (Lipinski definition) is 0. The summed E-state index contributed by atoms with van der Waals surface area (Å²) in [5.74, 6) is 4.62. The van der Waals surface area contributed by atoms with Gasteiger partial charge in [0.1, 0.15) is 0 Å². The highest BCUT2D eigenvalue weighted by atomic mass is 14.5. The quantitative estimate of drug-likeness (QED) is 0.452. The van der Waals surface area contributed by atoms with Crippen LogP contribution in [0, 0.1) is 35.0 Å². The van der Waals surface area contributed by atoms with Crippen LogP contribution in [-0.2, 0) is 0 Å². The van der Waals surface area contributed by atoms with Crippen molar-refractivity contribution in [1.82, 2.24) is 0 Å². The Balaban J connectivity index is 2.31. The second-order valence-electron chi connectivity index (χ2n) is 8.85. The lowest BCUT2D eigenvalue weighted by Crippen LogP contribution is -2.14. The normalized spacial score (nSPS) is 33.6. The first kappa shape index (κ1) is 18.1. The second-order valence-corrected chi connectivity index (χ2v) is 8.85. The van der Waals surface area contributed by atoms with Gasteiger partial charge in [-0.05, 0) is 60.7 Å². The fourth-order valence-corrected chi connectivity index (χ4v) is 4.73. The zero-order valence-electron chi connectivity index (χ0n) is 15.3. The van der Waals surface area contributed by atoms with Crippen molar-refractivity contribution in [2.75, 3.05) is 0 Å². The smallest absolute Gasteiger partial charge is 0.0320 e. The standard InChI is InChI=1S/C20H40/c1-8-16(4)12-17(5)10-9-11-20(7)13-18(6)19(14-20)15(2)3/h15-19H,8-14H2,1-7H3. The van der Waals surface area contributed by atoms with Gasteiger partial charge in [0.05, 0.1) is 0 Å². The summed E-state index contributed by atoms with van der Waals surface area (Å²) in [7, 11) is 0. The first-order valence-corrected chi connectivity index (χ1v) is 9.27. The first-order chi connectivity index (χ1) is 9.27. The van der Waals surface area contributed by atoms with Gasteiger partial charge in [-0.3, -0.25) is 0 Å². The lowest BCUT2D eigenvalue weighted by Gasteiger charge is -2.26. The summed E-state index contributed by atoms with van der Waals surface area (Å²) in [6.07, 6.45) is 10.1. The van der Waals surface area contributed by atoms with E-state index < -0.39 is 0 Å². The SMILES string of the molecule is CCC(C)CC(C)CCCC1(C)CC(C)C(C(C)C)C1. The highest BCUT2D eigenvalue weighted by Crippen LogP contribution is 2.50. The largest absolute Gasteiger partial charge is 0.0651 e. The van der Waals surface area contributed by atoms with E-state index in [2.05, 4.69) is 48.5 Å². The van der Waals surface area contributed by atoms with Crippen LogP contribution in [0.5, 0.6) is 0 Å². The molecule has 0 aromatic rings. The monoisotopic (exact) mass is 280 g/mol. The van der Waals surface area contributed by atoms with Gasteiger partial charge in [-0.25, -0.2) is 0 Å². The zero-order chi connectivity index (χ0) is 15.3. The minimum atomic E-state index is 0.643.